The van der Waals surface area contributed by atoms with E-state index in [2.05, 4.69) is 6.92 Å². The largest absolute Gasteiger partial charge is 0.462 e. The molecule has 0 spiro atoms. The highest BCUT2D eigenvalue weighted by Crippen LogP contribution is 2.23. The Morgan fingerprint density at radius 1 is 0.636 bits per heavy atom. The molecule has 0 fully saturated rings. The van der Waals surface area contributed by atoms with Crippen molar-refractivity contribution in [3.63, 3.8) is 0 Å². The van der Waals surface area contributed by atoms with E-state index < -0.39 is 60.9 Å². The number of hydrogen-bond acceptors (Lipinski definition) is 11. The summed E-state index contributed by atoms with van der Waals surface area (Å²) in [6.45, 7) is 7.41. The van der Waals surface area contributed by atoms with Gasteiger partial charge in [0.25, 0.3) is 0 Å². The molecular weight excluding hydrogens is 456 g/mol. The van der Waals surface area contributed by atoms with Crippen LogP contribution in [0, 0.1) is 0 Å². The number of unbranched alkanes of at least 4 members (excludes halogenated alkanes) is 3. The fourth-order valence-corrected chi connectivity index (χ4v) is 4.01. The maximum absolute atomic E-state index is 11.9. The molecule has 0 aromatic carbocycles. The van der Waals surface area contributed by atoms with Gasteiger partial charge in [-0.3, -0.25) is 24.0 Å². The third kappa shape index (κ3) is 15.2. The van der Waals surface area contributed by atoms with Crippen LogP contribution in [0.2, 0.25) is 0 Å². The van der Waals surface area contributed by atoms with Crippen molar-refractivity contribution < 1.29 is 47.7 Å². The molecule has 11 heteroatoms. The van der Waals surface area contributed by atoms with Gasteiger partial charge in [-0.05, 0) is 12.2 Å². The highest BCUT2D eigenvalue weighted by atomic mass is 32.2. The molecule has 0 rings (SSSR count). The van der Waals surface area contributed by atoms with Gasteiger partial charge in [0.2, 0.25) is 0 Å². The van der Waals surface area contributed by atoms with Gasteiger partial charge in [-0.1, -0.05) is 26.2 Å². The first-order valence-corrected chi connectivity index (χ1v) is 12.0. The second-order valence-corrected chi connectivity index (χ2v) is 8.53. The quantitative estimate of drug-likeness (QED) is 0.179. The third-order valence-electron chi connectivity index (χ3n) is 4.17. The molecule has 33 heavy (non-hydrogen) atoms. The SMILES string of the molecule is CCCCCCSC[C@H](OC(C)=O)[C@@H](OC(C)=O)[C@@H](OC(C)=O)[C@@H](COC(C)=O)OC(C)=O. The van der Waals surface area contributed by atoms with Crippen LogP contribution in [0.3, 0.4) is 0 Å². The van der Waals surface area contributed by atoms with Crippen molar-refractivity contribution in [2.24, 2.45) is 0 Å². The molecule has 10 nitrogen and oxygen atoms in total. The molecule has 0 aromatic heterocycles. The summed E-state index contributed by atoms with van der Waals surface area (Å²) < 4.78 is 26.3. The minimum absolute atomic E-state index is 0.238. The molecule has 0 saturated carbocycles. The molecule has 0 N–H and O–H groups in total. The lowest BCUT2D eigenvalue weighted by Crippen LogP contribution is -2.53. The zero-order chi connectivity index (χ0) is 25.4. The van der Waals surface area contributed by atoms with Crippen molar-refractivity contribution in [2.75, 3.05) is 18.1 Å². The maximum atomic E-state index is 11.9. The van der Waals surface area contributed by atoms with Crippen molar-refractivity contribution in [1.82, 2.24) is 0 Å². The predicted molar refractivity (Wildman–Crippen MR) is 120 cm³/mol. The Morgan fingerprint density at radius 2 is 1.12 bits per heavy atom. The lowest BCUT2D eigenvalue weighted by atomic mass is 10.0. The number of esters is 5. The zero-order valence-electron chi connectivity index (χ0n) is 20.2. The summed E-state index contributed by atoms with van der Waals surface area (Å²) in [5, 5.41) is 0. The Balaban J connectivity index is 5.92. The molecule has 0 radical (unpaired) electrons. The first-order chi connectivity index (χ1) is 15.5. The lowest BCUT2D eigenvalue weighted by Gasteiger charge is -2.35. The summed E-state index contributed by atoms with van der Waals surface area (Å²) in [7, 11) is 0. The molecule has 0 aliphatic carbocycles. The fourth-order valence-electron chi connectivity index (χ4n) is 2.94. The fraction of sp³-hybridized carbons (Fsp3) is 0.773. The molecule has 190 valence electrons. The summed E-state index contributed by atoms with van der Waals surface area (Å²) >= 11 is 1.49. The minimum Gasteiger partial charge on any atom is -0.462 e. The number of hydrogen-bond donors (Lipinski definition) is 0. The van der Waals surface area contributed by atoms with Crippen LogP contribution in [0.5, 0.6) is 0 Å². The van der Waals surface area contributed by atoms with E-state index in [1.807, 2.05) is 0 Å². The Kier molecular flexibility index (Phi) is 16.0. The van der Waals surface area contributed by atoms with Crippen LogP contribution < -0.4 is 0 Å². The van der Waals surface area contributed by atoms with E-state index in [0.717, 1.165) is 59.1 Å². The first-order valence-electron chi connectivity index (χ1n) is 10.9. The van der Waals surface area contributed by atoms with Gasteiger partial charge in [0, 0.05) is 40.4 Å². The molecule has 4 atom stereocenters. The molecule has 0 bridgehead atoms. The number of ether oxygens (including phenoxy) is 5. The van der Waals surface area contributed by atoms with Crippen molar-refractivity contribution in [1.29, 1.82) is 0 Å². The molecule has 0 aromatic rings. The standard InChI is InChI=1S/C22H36O10S/c1-7-8-9-10-11-33-13-20(30-16(4)25)22(32-18(6)27)21(31-17(5)26)19(29-15(3)24)12-28-14(2)23/h19-22H,7-13H2,1-6H3/t19-,20+,21+,22-/m1/s1. The van der Waals surface area contributed by atoms with Crippen LogP contribution in [0.4, 0.5) is 0 Å². The number of carbonyl (C=O) groups is 5. The van der Waals surface area contributed by atoms with Crippen molar-refractivity contribution in [3.8, 4) is 0 Å². The van der Waals surface area contributed by atoms with Gasteiger partial charge in [0.15, 0.2) is 24.4 Å². The Bertz CT molecular complexity index is 651. The van der Waals surface area contributed by atoms with Crippen LogP contribution in [0.15, 0.2) is 0 Å². The van der Waals surface area contributed by atoms with Gasteiger partial charge in [-0.2, -0.15) is 11.8 Å². The average Bonchev–Trinajstić information content (AvgIpc) is 2.68. The number of carbonyl (C=O) groups excluding carboxylic acids is 5. The monoisotopic (exact) mass is 492 g/mol. The van der Waals surface area contributed by atoms with E-state index in [1.165, 1.54) is 18.7 Å². The molecule has 0 amide bonds. The Morgan fingerprint density at radius 3 is 1.58 bits per heavy atom. The van der Waals surface area contributed by atoms with Crippen LogP contribution in [-0.2, 0) is 47.7 Å². The normalized spacial score (nSPS) is 14.2. The summed E-state index contributed by atoms with van der Waals surface area (Å²) in [4.78, 5) is 58.5. The molecule has 0 aliphatic rings. The van der Waals surface area contributed by atoms with E-state index in [1.54, 1.807) is 0 Å². The second-order valence-electron chi connectivity index (χ2n) is 7.38. The van der Waals surface area contributed by atoms with Crippen LogP contribution >= 0.6 is 11.8 Å². The van der Waals surface area contributed by atoms with Crippen molar-refractivity contribution >= 4 is 41.6 Å². The van der Waals surface area contributed by atoms with Gasteiger partial charge in [-0.25, -0.2) is 0 Å². The van der Waals surface area contributed by atoms with Gasteiger partial charge >= 0.3 is 29.8 Å². The average molecular weight is 493 g/mol. The van der Waals surface area contributed by atoms with E-state index in [4.69, 9.17) is 23.7 Å². The van der Waals surface area contributed by atoms with Gasteiger partial charge in [0.05, 0.1) is 0 Å². The van der Waals surface area contributed by atoms with Gasteiger partial charge < -0.3 is 23.7 Å². The molecule has 0 saturated heterocycles. The summed E-state index contributed by atoms with van der Waals surface area (Å²) in [5.74, 6) is -2.49. The Labute approximate surface area is 199 Å². The molecule has 0 aliphatic heterocycles. The Hall–Kier alpha value is -2.30. The zero-order valence-corrected chi connectivity index (χ0v) is 21.1. The maximum Gasteiger partial charge on any atom is 0.303 e. The summed E-state index contributed by atoms with van der Waals surface area (Å²) in [6.07, 6.45) is -0.785. The lowest BCUT2D eigenvalue weighted by molar-refractivity contribution is -0.200. The highest BCUT2D eigenvalue weighted by molar-refractivity contribution is 7.99. The second kappa shape index (κ2) is 17.2. The smallest absolute Gasteiger partial charge is 0.303 e. The minimum atomic E-state index is -1.39. The van der Waals surface area contributed by atoms with Crippen LogP contribution in [0.25, 0.3) is 0 Å². The molecule has 0 unspecified atom stereocenters. The molecule has 0 heterocycles. The third-order valence-corrected chi connectivity index (χ3v) is 5.31. The van der Waals surface area contributed by atoms with Crippen LogP contribution in [-0.4, -0.2) is 72.4 Å². The van der Waals surface area contributed by atoms with E-state index in [-0.39, 0.29) is 5.75 Å². The number of rotatable bonds is 16. The van der Waals surface area contributed by atoms with Crippen LogP contribution in [0.1, 0.15) is 67.2 Å². The van der Waals surface area contributed by atoms with E-state index in [0.29, 0.717) is 0 Å². The van der Waals surface area contributed by atoms with Gasteiger partial charge in [0.1, 0.15) is 6.61 Å². The first kappa shape index (κ1) is 30.7. The topological polar surface area (TPSA) is 132 Å². The summed E-state index contributed by atoms with van der Waals surface area (Å²) in [6, 6.07) is 0. The van der Waals surface area contributed by atoms with Gasteiger partial charge in [-0.15, -0.1) is 0 Å². The predicted octanol–water partition coefficient (Wildman–Crippen LogP) is 2.59. The highest BCUT2D eigenvalue weighted by Gasteiger charge is 2.43. The van der Waals surface area contributed by atoms with Crippen molar-refractivity contribution in [3.05, 3.63) is 0 Å². The van der Waals surface area contributed by atoms with Crippen molar-refractivity contribution in [2.45, 2.75) is 91.6 Å². The van der Waals surface area contributed by atoms with E-state index >= 15 is 0 Å². The number of thioether (sulfide) groups is 1. The summed E-state index contributed by atoms with van der Waals surface area (Å²) in [5.41, 5.74) is 0. The van der Waals surface area contributed by atoms with E-state index in [9.17, 15) is 24.0 Å². The molecular formula is C22H36O10S.